The first-order valence-electron chi connectivity index (χ1n) is 6.10. The van der Waals surface area contributed by atoms with Gasteiger partial charge in [0.15, 0.2) is 0 Å². The number of halogens is 1. The maximum absolute atomic E-state index is 12.7. The van der Waals surface area contributed by atoms with E-state index in [1.165, 1.54) is 18.6 Å². The van der Waals surface area contributed by atoms with Gasteiger partial charge in [-0.25, -0.2) is 4.39 Å². The van der Waals surface area contributed by atoms with Crippen LogP contribution in [0, 0.1) is 11.2 Å². The van der Waals surface area contributed by atoms with Crippen molar-refractivity contribution in [1.29, 1.82) is 0 Å². The van der Waals surface area contributed by atoms with Crippen molar-refractivity contribution < 1.29 is 9.18 Å². The van der Waals surface area contributed by atoms with Crippen LogP contribution in [-0.2, 0) is 11.2 Å². The third-order valence-corrected chi connectivity index (χ3v) is 3.73. The fourth-order valence-corrected chi connectivity index (χ4v) is 2.44. The molecule has 3 heteroatoms. The van der Waals surface area contributed by atoms with Gasteiger partial charge in [-0.05, 0) is 42.5 Å². The number of carbonyl (C=O) groups excluding carboxylic acids is 1. The average molecular weight is 235 g/mol. The van der Waals surface area contributed by atoms with Gasteiger partial charge >= 0.3 is 0 Å². The number of benzene rings is 1. The molecule has 0 heterocycles. The summed E-state index contributed by atoms with van der Waals surface area (Å²) in [5.41, 5.74) is 6.67. The molecule has 1 aliphatic carbocycles. The molecule has 1 aromatic carbocycles. The summed E-state index contributed by atoms with van der Waals surface area (Å²) in [5.74, 6) is -0.0552. The van der Waals surface area contributed by atoms with E-state index in [0.717, 1.165) is 18.4 Å². The second-order valence-corrected chi connectivity index (χ2v) is 5.08. The van der Waals surface area contributed by atoms with E-state index < -0.39 is 0 Å². The molecule has 2 nitrogen and oxygen atoms in total. The molecule has 0 aliphatic heterocycles. The van der Waals surface area contributed by atoms with Gasteiger partial charge < -0.3 is 5.73 Å². The molecule has 0 spiro atoms. The predicted molar refractivity (Wildman–Crippen MR) is 65.1 cm³/mol. The lowest BCUT2D eigenvalue weighted by atomic mass is 9.65. The summed E-state index contributed by atoms with van der Waals surface area (Å²) in [4.78, 5) is 11.9. The first-order valence-corrected chi connectivity index (χ1v) is 6.10. The number of hydrogen-bond donors (Lipinski definition) is 1. The Bertz CT molecular complexity index is 390. The quantitative estimate of drug-likeness (QED) is 0.852. The van der Waals surface area contributed by atoms with E-state index >= 15 is 0 Å². The minimum Gasteiger partial charge on any atom is -0.330 e. The van der Waals surface area contributed by atoms with Crippen molar-refractivity contribution in [2.45, 2.75) is 32.1 Å². The summed E-state index contributed by atoms with van der Waals surface area (Å²) in [6, 6.07) is 6.13. The van der Waals surface area contributed by atoms with Crippen LogP contribution in [0.4, 0.5) is 4.39 Å². The molecule has 0 amide bonds. The van der Waals surface area contributed by atoms with E-state index in [1.807, 2.05) is 0 Å². The molecule has 2 rings (SSSR count). The van der Waals surface area contributed by atoms with Gasteiger partial charge in [0.1, 0.15) is 11.6 Å². The Morgan fingerprint density at radius 2 is 1.94 bits per heavy atom. The van der Waals surface area contributed by atoms with Crippen LogP contribution in [0.15, 0.2) is 24.3 Å². The standard InChI is InChI=1S/C14H18FNO/c15-12-4-2-11(3-5-12)8-13(17)9-14(10-16)6-1-7-14/h2-5H,1,6-10,16H2. The summed E-state index contributed by atoms with van der Waals surface area (Å²) in [6.45, 7) is 0.599. The van der Waals surface area contributed by atoms with Gasteiger partial charge in [-0.1, -0.05) is 18.6 Å². The van der Waals surface area contributed by atoms with E-state index in [1.54, 1.807) is 12.1 Å². The Hall–Kier alpha value is -1.22. The zero-order valence-electron chi connectivity index (χ0n) is 9.92. The number of hydrogen-bond acceptors (Lipinski definition) is 2. The molecular weight excluding hydrogens is 217 g/mol. The van der Waals surface area contributed by atoms with Crippen molar-refractivity contribution in [3.63, 3.8) is 0 Å². The van der Waals surface area contributed by atoms with Gasteiger partial charge in [0.05, 0.1) is 0 Å². The van der Waals surface area contributed by atoms with Crippen molar-refractivity contribution in [2.24, 2.45) is 11.1 Å². The summed E-state index contributed by atoms with van der Waals surface area (Å²) in [5, 5.41) is 0. The molecule has 1 aromatic rings. The smallest absolute Gasteiger partial charge is 0.137 e. The van der Waals surface area contributed by atoms with Crippen molar-refractivity contribution in [3.8, 4) is 0 Å². The second-order valence-electron chi connectivity index (χ2n) is 5.08. The summed E-state index contributed by atoms with van der Waals surface area (Å²) < 4.78 is 12.7. The van der Waals surface area contributed by atoms with Crippen LogP contribution in [-0.4, -0.2) is 12.3 Å². The molecule has 0 aromatic heterocycles. The Balaban J connectivity index is 1.91. The van der Waals surface area contributed by atoms with Crippen LogP contribution in [0.25, 0.3) is 0 Å². The minimum atomic E-state index is -0.265. The van der Waals surface area contributed by atoms with E-state index in [4.69, 9.17) is 5.73 Å². The molecule has 0 unspecified atom stereocenters. The zero-order chi connectivity index (χ0) is 12.3. The third-order valence-electron chi connectivity index (χ3n) is 3.73. The van der Waals surface area contributed by atoms with Gasteiger partial charge in [-0.2, -0.15) is 0 Å². The van der Waals surface area contributed by atoms with Gasteiger partial charge in [0.25, 0.3) is 0 Å². The van der Waals surface area contributed by atoms with E-state index in [2.05, 4.69) is 0 Å². The van der Waals surface area contributed by atoms with Crippen LogP contribution >= 0.6 is 0 Å². The third kappa shape index (κ3) is 2.91. The van der Waals surface area contributed by atoms with Crippen LogP contribution in [0.3, 0.4) is 0 Å². The molecule has 0 bridgehead atoms. The van der Waals surface area contributed by atoms with Gasteiger partial charge in [-0.3, -0.25) is 4.79 Å². The molecule has 2 N–H and O–H groups in total. The zero-order valence-corrected chi connectivity index (χ0v) is 9.92. The number of carbonyl (C=O) groups is 1. The van der Waals surface area contributed by atoms with Crippen molar-refractivity contribution >= 4 is 5.78 Å². The molecule has 1 saturated carbocycles. The number of ketones is 1. The molecule has 1 fully saturated rings. The van der Waals surface area contributed by atoms with Crippen LogP contribution in [0.1, 0.15) is 31.2 Å². The Kier molecular flexibility index (Phi) is 3.57. The topological polar surface area (TPSA) is 43.1 Å². The van der Waals surface area contributed by atoms with Crippen LogP contribution in [0.5, 0.6) is 0 Å². The van der Waals surface area contributed by atoms with Gasteiger partial charge in [0.2, 0.25) is 0 Å². The summed E-state index contributed by atoms with van der Waals surface area (Å²) in [6.07, 6.45) is 4.28. The highest BCUT2D eigenvalue weighted by molar-refractivity contribution is 5.81. The summed E-state index contributed by atoms with van der Waals surface area (Å²) >= 11 is 0. The normalized spacial score (nSPS) is 17.5. The van der Waals surface area contributed by atoms with Gasteiger partial charge in [0, 0.05) is 12.8 Å². The largest absolute Gasteiger partial charge is 0.330 e. The van der Waals surface area contributed by atoms with Crippen LogP contribution in [0.2, 0.25) is 0 Å². The fraction of sp³-hybridized carbons (Fsp3) is 0.500. The Morgan fingerprint density at radius 3 is 2.41 bits per heavy atom. The summed E-state index contributed by atoms with van der Waals surface area (Å²) in [7, 11) is 0. The number of Topliss-reactive ketones (excluding diaryl/α,β-unsaturated/α-hetero) is 1. The predicted octanol–water partition coefficient (Wildman–Crippen LogP) is 2.46. The lowest BCUT2D eigenvalue weighted by Gasteiger charge is -2.40. The molecule has 17 heavy (non-hydrogen) atoms. The highest BCUT2D eigenvalue weighted by atomic mass is 19.1. The van der Waals surface area contributed by atoms with Crippen molar-refractivity contribution in [2.75, 3.05) is 6.54 Å². The van der Waals surface area contributed by atoms with E-state index in [9.17, 15) is 9.18 Å². The number of rotatable bonds is 5. The van der Waals surface area contributed by atoms with Crippen molar-refractivity contribution in [1.82, 2.24) is 0 Å². The van der Waals surface area contributed by atoms with Gasteiger partial charge in [-0.15, -0.1) is 0 Å². The fourth-order valence-electron chi connectivity index (χ4n) is 2.44. The highest BCUT2D eigenvalue weighted by Crippen LogP contribution is 2.43. The minimum absolute atomic E-state index is 0.0666. The SMILES string of the molecule is NCC1(CC(=O)Cc2ccc(F)cc2)CCC1. The second kappa shape index (κ2) is 4.96. The molecule has 92 valence electrons. The molecule has 1 aliphatic rings. The molecular formula is C14H18FNO. The van der Waals surface area contributed by atoms with Crippen LogP contribution < -0.4 is 5.73 Å². The first kappa shape index (κ1) is 12.2. The van der Waals surface area contributed by atoms with E-state index in [-0.39, 0.29) is 17.0 Å². The maximum Gasteiger partial charge on any atom is 0.137 e. The molecule has 0 saturated heterocycles. The highest BCUT2D eigenvalue weighted by Gasteiger charge is 2.37. The lowest BCUT2D eigenvalue weighted by Crippen LogP contribution is -2.39. The van der Waals surface area contributed by atoms with E-state index in [0.29, 0.717) is 19.4 Å². The Labute approximate surface area is 101 Å². The number of nitrogens with two attached hydrogens (primary N) is 1. The Morgan fingerprint density at radius 1 is 1.29 bits per heavy atom. The molecule has 0 atom stereocenters. The molecule has 0 radical (unpaired) electrons. The first-order chi connectivity index (χ1) is 8.13. The van der Waals surface area contributed by atoms with Crippen molar-refractivity contribution in [3.05, 3.63) is 35.6 Å². The maximum atomic E-state index is 12.7. The average Bonchev–Trinajstić information content (AvgIpc) is 2.27. The lowest BCUT2D eigenvalue weighted by molar-refractivity contribution is -0.122. The monoisotopic (exact) mass is 235 g/mol.